The molecule has 0 aromatic rings. The quantitative estimate of drug-likeness (QED) is 0.0522. The Hall–Kier alpha value is -6.48. The molecule has 6 aliphatic rings. The summed E-state index contributed by atoms with van der Waals surface area (Å²) < 4.78 is 39.0. The monoisotopic (exact) mass is 1110 g/mol. The van der Waals surface area contributed by atoms with Gasteiger partial charge in [0.1, 0.15) is 0 Å². The average molecular weight is 1110 g/mol. The van der Waals surface area contributed by atoms with Crippen molar-refractivity contribution in [3.8, 4) is 0 Å². The Balaban J connectivity index is 0.000000255. The summed E-state index contributed by atoms with van der Waals surface area (Å²) in [6.07, 6.45) is 3.18. The van der Waals surface area contributed by atoms with Crippen molar-refractivity contribution in [3.05, 3.63) is 0 Å². The lowest BCUT2D eigenvalue weighted by Gasteiger charge is -2.20. The van der Waals surface area contributed by atoms with E-state index >= 15 is 0 Å². The van der Waals surface area contributed by atoms with Crippen molar-refractivity contribution in [3.63, 3.8) is 0 Å². The largest absolute Gasteiger partial charge is 0.469 e. The maximum Gasteiger partial charge on any atom is 0.310 e. The minimum absolute atomic E-state index is 0.0249. The van der Waals surface area contributed by atoms with Gasteiger partial charge < -0.3 is 72.6 Å². The number of carbonyl (C=O) groups is 12. The molecular formula is C51H79N7O20. The fraction of sp³-hybridized carbons (Fsp3) is 0.765. The Labute approximate surface area is 454 Å². The molecule has 6 rings (SSSR count). The van der Waals surface area contributed by atoms with E-state index < -0.39 is 11.8 Å². The van der Waals surface area contributed by atoms with Gasteiger partial charge in [-0.3, -0.25) is 57.5 Å². The van der Waals surface area contributed by atoms with Crippen LogP contribution in [0.25, 0.3) is 0 Å². The van der Waals surface area contributed by atoms with Gasteiger partial charge in [-0.1, -0.05) is 0 Å². The molecule has 27 nitrogen and oxygen atoms in total. The number of nitrogens with zero attached hydrogens (tertiary/aromatic N) is 6. The Morgan fingerprint density at radius 2 is 0.538 bits per heavy atom. The van der Waals surface area contributed by atoms with E-state index in [1.807, 2.05) is 0 Å². The third-order valence-electron chi connectivity index (χ3n) is 14.3. The number of hydrogen-bond donors (Lipinski definition) is 1. The summed E-state index contributed by atoms with van der Waals surface area (Å²) in [6.45, 7) is 8.48. The Kier molecular flexibility index (Phi) is 27.2. The van der Waals surface area contributed by atoms with E-state index in [0.29, 0.717) is 137 Å². The van der Waals surface area contributed by atoms with Crippen LogP contribution in [0.3, 0.4) is 0 Å². The second-order valence-corrected chi connectivity index (χ2v) is 19.6. The van der Waals surface area contributed by atoms with Crippen molar-refractivity contribution in [2.45, 2.75) is 57.8 Å². The van der Waals surface area contributed by atoms with Crippen molar-refractivity contribution in [1.82, 2.24) is 34.7 Å². The number of hydrogen-bond acceptors (Lipinski definition) is 21. The smallest absolute Gasteiger partial charge is 0.310 e. The maximum absolute atomic E-state index is 11.9. The third-order valence-corrected chi connectivity index (χ3v) is 14.3. The molecule has 438 valence electrons. The summed E-state index contributed by atoms with van der Waals surface area (Å²) in [5.74, 6) is -4.67. The van der Waals surface area contributed by atoms with Crippen LogP contribution < -0.4 is 5.32 Å². The first-order chi connectivity index (χ1) is 37.4. The molecule has 6 aliphatic heterocycles. The normalized spacial score (nSPS) is 22.8. The van der Waals surface area contributed by atoms with Crippen molar-refractivity contribution < 1.29 is 95.4 Å². The number of likely N-dealkylation sites (tertiary alicyclic amines) is 6. The minimum atomic E-state index is -0.398. The van der Waals surface area contributed by atoms with Gasteiger partial charge in [-0.2, -0.15) is 0 Å². The molecule has 0 aromatic heterocycles. The molecule has 0 aliphatic carbocycles. The fourth-order valence-electron chi connectivity index (χ4n) is 9.92. The number of ether oxygens (including phenoxy) is 8. The molecule has 0 saturated carbocycles. The van der Waals surface area contributed by atoms with Crippen molar-refractivity contribution >= 4 is 71.3 Å². The van der Waals surface area contributed by atoms with Gasteiger partial charge in [-0.15, -0.1) is 0 Å². The van der Waals surface area contributed by atoms with E-state index in [2.05, 4.69) is 33.7 Å². The van der Waals surface area contributed by atoms with Gasteiger partial charge in [-0.05, 0) is 19.3 Å². The number of amides is 6. The van der Waals surface area contributed by atoms with Crippen LogP contribution >= 0.6 is 0 Å². The standard InChI is InChI=1S/C20H32N2O8.C16H25N3O6.C15H22N2O6/c1-27-19(25)15-11-17(23)21(13-15)5-3-7-29-9-10-30-8-4-6-22-14-16(12-18(22)24)20(26)28-2;1-24-15(22)11-7-13(20)18(9-11)5-3-17-4-6-19-10-12(8-14(19)21)16(23)25-2;1-22-14(20)10-6-12(18)16(8-10)4-3-5-17-9-11(7-13(17)19)15(21)23-2/h15-16H,3-14H2,1-2H3;11-12,17H,3-10H2,1-2H3;10-11H,3-9H2,1-2H3. The van der Waals surface area contributed by atoms with Crippen LogP contribution in [-0.2, 0) is 95.4 Å². The number of nitrogens with one attached hydrogen (secondary N) is 1. The van der Waals surface area contributed by atoms with E-state index in [4.69, 9.17) is 9.47 Å². The first-order valence-corrected chi connectivity index (χ1v) is 26.4. The lowest BCUT2D eigenvalue weighted by atomic mass is 10.1. The van der Waals surface area contributed by atoms with Gasteiger partial charge in [0.25, 0.3) is 0 Å². The maximum atomic E-state index is 11.9. The molecule has 6 fully saturated rings. The molecule has 0 spiro atoms. The van der Waals surface area contributed by atoms with Crippen LogP contribution in [0.4, 0.5) is 0 Å². The third kappa shape index (κ3) is 19.8. The van der Waals surface area contributed by atoms with E-state index in [1.165, 1.54) is 42.7 Å². The van der Waals surface area contributed by atoms with Crippen LogP contribution in [0, 0.1) is 35.5 Å². The highest BCUT2D eigenvalue weighted by molar-refractivity contribution is 5.90. The van der Waals surface area contributed by atoms with E-state index in [0.717, 1.165) is 0 Å². The molecule has 6 amide bonds. The summed E-state index contributed by atoms with van der Waals surface area (Å²) in [6, 6.07) is 0. The molecule has 0 radical (unpaired) electrons. The predicted molar refractivity (Wildman–Crippen MR) is 269 cm³/mol. The van der Waals surface area contributed by atoms with Gasteiger partial charge in [0.2, 0.25) is 35.4 Å². The Morgan fingerprint density at radius 3 is 0.756 bits per heavy atom. The molecule has 6 saturated heterocycles. The molecule has 78 heavy (non-hydrogen) atoms. The van der Waals surface area contributed by atoms with E-state index in [1.54, 1.807) is 29.4 Å². The summed E-state index contributed by atoms with van der Waals surface area (Å²) >= 11 is 0. The van der Waals surface area contributed by atoms with Crippen molar-refractivity contribution in [2.75, 3.05) is 161 Å². The Bertz CT molecular complexity index is 1970. The molecule has 1 N–H and O–H groups in total. The van der Waals surface area contributed by atoms with Crippen LogP contribution in [0.15, 0.2) is 0 Å². The number of rotatable bonds is 27. The number of methoxy groups -OCH3 is 6. The predicted octanol–water partition coefficient (Wildman–Crippen LogP) is -2.12. The second kappa shape index (κ2) is 33.1. The van der Waals surface area contributed by atoms with E-state index in [-0.39, 0.29) is 133 Å². The minimum Gasteiger partial charge on any atom is -0.469 e. The SMILES string of the molecule is COC(=O)C1CC(=O)N(CCCN2CC(C(=O)OC)CC2=O)C1.COC(=O)C1CC(=O)N(CCCOCCOCCCN2CC(C(=O)OC)CC2=O)C1.COC(=O)C1CC(=O)N(CCNCCN2CC(C(=O)OC)CC2=O)C1. The molecule has 27 heteroatoms. The highest BCUT2D eigenvalue weighted by atomic mass is 16.5. The number of carbonyl (C=O) groups excluding carboxylic acids is 12. The fourth-order valence-corrected chi connectivity index (χ4v) is 9.92. The lowest BCUT2D eigenvalue weighted by Crippen LogP contribution is -2.38. The van der Waals surface area contributed by atoms with Crippen molar-refractivity contribution in [2.24, 2.45) is 35.5 Å². The highest BCUT2D eigenvalue weighted by Gasteiger charge is 2.39. The van der Waals surface area contributed by atoms with Crippen LogP contribution in [-0.4, -0.2) is 261 Å². The summed E-state index contributed by atoms with van der Waals surface area (Å²) in [7, 11) is 7.93. The van der Waals surface area contributed by atoms with Gasteiger partial charge in [-0.25, -0.2) is 0 Å². The molecule has 6 heterocycles. The number of esters is 6. The highest BCUT2D eigenvalue weighted by Crippen LogP contribution is 2.24. The zero-order chi connectivity index (χ0) is 57.3. The zero-order valence-corrected chi connectivity index (χ0v) is 45.9. The summed E-state index contributed by atoms with van der Waals surface area (Å²) in [5.41, 5.74) is 0. The van der Waals surface area contributed by atoms with Crippen LogP contribution in [0.1, 0.15) is 57.8 Å². The molecular weight excluding hydrogens is 1030 g/mol. The van der Waals surface area contributed by atoms with Gasteiger partial charge in [0.05, 0.1) is 91.4 Å². The summed E-state index contributed by atoms with van der Waals surface area (Å²) in [5, 5.41) is 3.18. The molecule has 0 bridgehead atoms. The average Bonchev–Trinajstić information content (AvgIpc) is 4.32. The van der Waals surface area contributed by atoms with Crippen molar-refractivity contribution in [1.29, 1.82) is 0 Å². The van der Waals surface area contributed by atoms with Gasteiger partial charge in [0.15, 0.2) is 0 Å². The first kappa shape index (κ1) is 64.0. The lowest BCUT2D eigenvalue weighted by molar-refractivity contribution is -0.145. The molecule has 6 unspecified atom stereocenters. The topological polar surface area (TPSA) is 310 Å². The van der Waals surface area contributed by atoms with Gasteiger partial charge in [0, 0.05) is 143 Å². The molecule has 6 atom stereocenters. The zero-order valence-electron chi connectivity index (χ0n) is 45.9. The first-order valence-electron chi connectivity index (χ1n) is 26.4. The van der Waals surface area contributed by atoms with Crippen LogP contribution in [0.2, 0.25) is 0 Å². The van der Waals surface area contributed by atoms with Gasteiger partial charge >= 0.3 is 35.8 Å². The van der Waals surface area contributed by atoms with Crippen LogP contribution in [0.5, 0.6) is 0 Å². The summed E-state index contributed by atoms with van der Waals surface area (Å²) in [4.78, 5) is 150. The Morgan fingerprint density at radius 1 is 0.333 bits per heavy atom. The van der Waals surface area contributed by atoms with E-state index in [9.17, 15) is 57.5 Å². The second-order valence-electron chi connectivity index (χ2n) is 19.6. The molecule has 0 aromatic carbocycles.